The molecule has 6 heteroatoms. The lowest BCUT2D eigenvalue weighted by Crippen LogP contribution is -2.35. The van der Waals surface area contributed by atoms with Crippen molar-refractivity contribution in [3.8, 4) is 5.75 Å². The van der Waals surface area contributed by atoms with E-state index in [1.165, 1.54) is 21.9 Å². The monoisotopic (exact) mass is 338 g/mol. The lowest BCUT2D eigenvalue weighted by molar-refractivity contribution is -0.129. The Morgan fingerprint density at radius 2 is 1.96 bits per heavy atom. The summed E-state index contributed by atoms with van der Waals surface area (Å²) in [7, 11) is 1.60. The number of imide groups is 1. The van der Waals surface area contributed by atoms with Gasteiger partial charge in [0.1, 0.15) is 17.9 Å². The molecule has 128 valence electrons. The van der Waals surface area contributed by atoms with Gasteiger partial charge in [0.15, 0.2) is 0 Å². The summed E-state index contributed by atoms with van der Waals surface area (Å²) in [4.78, 5) is 28.1. The first-order chi connectivity index (χ1) is 12.1. The minimum atomic E-state index is -0.726. The molecule has 4 rings (SSSR count). The molecule has 3 amide bonds. The minimum Gasteiger partial charge on any atom is -0.508 e. The van der Waals surface area contributed by atoms with E-state index in [2.05, 4.69) is 0 Å². The Balaban J connectivity index is 1.59. The summed E-state index contributed by atoms with van der Waals surface area (Å²) in [5, 5.41) is 9.67. The van der Waals surface area contributed by atoms with Crippen molar-refractivity contribution < 1.29 is 19.4 Å². The normalized spacial score (nSPS) is 22.6. The maximum atomic E-state index is 12.9. The second-order valence-corrected chi connectivity index (χ2v) is 6.34. The molecule has 0 radical (unpaired) electrons. The van der Waals surface area contributed by atoms with Gasteiger partial charge in [-0.25, -0.2) is 4.79 Å². The van der Waals surface area contributed by atoms with Gasteiger partial charge in [-0.1, -0.05) is 36.4 Å². The first-order valence-electron chi connectivity index (χ1n) is 8.13. The Bertz CT molecular complexity index is 851. The van der Waals surface area contributed by atoms with E-state index in [0.717, 1.165) is 11.1 Å². The third-order valence-electron chi connectivity index (χ3n) is 4.80. The molecule has 0 saturated carbocycles. The van der Waals surface area contributed by atoms with E-state index in [0.29, 0.717) is 12.2 Å². The molecule has 2 unspecified atom stereocenters. The fourth-order valence-electron chi connectivity index (χ4n) is 3.51. The van der Waals surface area contributed by atoms with Gasteiger partial charge in [-0.05, 0) is 28.8 Å². The van der Waals surface area contributed by atoms with Gasteiger partial charge in [-0.3, -0.25) is 9.69 Å². The van der Waals surface area contributed by atoms with Crippen LogP contribution in [0.4, 0.5) is 4.79 Å². The Morgan fingerprint density at radius 1 is 1.16 bits per heavy atom. The van der Waals surface area contributed by atoms with Crippen LogP contribution in [0.1, 0.15) is 28.8 Å². The number of aromatic hydroxyl groups is 1. The average molecular weight is 338 g/mol. The number of urea groups is 1. The highest BCUT2D eigenvalue weighted by Gasteiger charge is 2.45. The second kappa shape index (κ2) is 5.89. The smallest absolute Gasteiger partial charge is 0.327 e. The molecule has 0 aliphatic carbocycles. The van der Waals surface area contributed by atoms with Crippen molar-refractivity contribution >= 4 is 11.9 Å². The van der Waals surface area contributed by atoms with Gasteiger partial charge in [0.05, 0.1) is 13.2 Å². The number of benzene rings is 2. The van der Waals surface area contributed by atoms with Crippen LogP contribution in [0, 0.1) is 0 Å². The zero-order valence-corrected chi connectivity index (χ0v) is 13.8. The number of hydrogen-bond acceptors (Lipinski definition) is 4. The zero-order chi connectivity index (χ0) is 17.6. The van der Waals surface area contributed by atoms with Crippen molar-refractivity contribution in [1.29, 1.82) is 0 Å². The summed E-state index contributed by atoms with van der Waals surface area (Å²) in [5.41, 5.74) is 2.70. The van der Waals surface area contributed by atoms with Crippen LogP contribution in [-0.4, -0.2) is 40.4 Å². The SMILES string of the molecule is CN1C(=O)N(CC2OCc3ccccc32)C(=O)C1c1cccc(O)c1. The average Bonchev–Trinajstić information content (AvgIpc) is 3.10. The molecule has 1 saturated heterocycles. The standard InChI is InChI=1S/C19H18N2O4/c1-20-17(12-6-4-7-14(22)9-12)18(23)21(19(20)24)10-16-15-8-3-2-5-13(15)11-25-16/h2-9,16-17,22H,10-11H2,1H3. The molecule has 2 aliphatic heterocycles. The van der Waals surface area contributed by atoms with Crippen molar-refractivity contribution in [3.63, 3.8) is 0 Å². The quantitative estimate of drug-likeness (QED) is 0.874. The number of nitrogens with zero attached hydrogens (tertiary/aromatic N) is 2. The van der Waals surface area contributed by atoms with Crippen molar-refractivity contribution in [2.75, 3.05) is 13.6 Å². The van der Waals surface area contributed by atoms with E-state index in [4.69, 9.17) is 4.74 Å². The van der Waals surface area contributed by atoms with Crippen molar-refractivity contribution in [2.24, 2.45) is 0 Å². The third-order valence-corrected chi connectivity index (χ3v) is 4.80. The van der Waals surface area contributed by atoms with Crippen LogP contribution in [0.5, 0.6) is 5.75 Å². The molecule has 2 heterocycles. The number of hydrogen-bond donors (Lipinski definition) is 1. The number of phenols is 1. The number of carbonyl (C=O) groups is 2. The first kappa shape index (κ1) is 15.7. The van der Waals surface area contributed by atoms with E-state index in [1.54, 1.807) is 19.2 Å². The zero-order valence-electron chi connectivity index (χ0n) is 13.8. The second-order valence-electron chi connectivity index (χ2n) is 6.34. The topological polar surface area (TPSA) is 70.1 Å². The van der Waals surface area contributed by atoms with E-state index in [9.17, 15) is 14.7 Å². The van der Waals surface area contributed by atoms with Crippen molar-refractivity contribution in [1.82, 2.24) is 9.80 Å². The lowest BCUT2D eigenvalue weighted by atomic mass is 10.0. The Kier molecular flexibility index (Phi) is 3.69. The number of rotatable bonds is 3. The van der Waals surface area contributed by atoms with E-state index < -0.39 is 6.04 Å². The maximum absolute atomic E-state index is 12.9. The fourth-order valence-corrected chi connectivity index (χ4v) is 3.51. The highest BCUT2D eigenvalue weighted by Crippen LogP contribution is 2.35. The summed E-state index contributed by atoms with van der Waals surface area (Å²) >= 11 is 0. The largest absolute Gasteiger partial charge is 0.508 e. The number of ether oxygens (including phenoxy) is 1. The highest BCUT2D eigenvalue weighted by atomic mass is 16.5. The Labute approximate surface area is 145 Å². The van der Waals surface area contributed by atoms with Crippen molar-refractivity contribution in [3.05, 3.63) is 65.2 Å². The van der Waals surface area contributed by atoms with Gasteiger partial charge < -0.3 is 14.7 Å². The summed E-state index contributed by atoms with van der Waals surface area (Å²) in [6.07, 6.45) is -0.305. The van der Waals surface area contributed by atoms with Crippen LogP contribution < -0.4 is 0 Å². The number of carbonyl (C=O) groups excluding carboxylic acids is 2. The lowest BCUT2D eigenvalue weighted by Gasteiger charge is -2.18. The van der Waals surface area contributed by atoms with Gasteiger partial charge in [0.25, 0.3) is 5.91 Å². The van der Waals surface area contributed by atoms with E-state index >= 15 is 0 Å². The van der Waals surface area contributed by atoms with E-state index in [1.807, 2.05) is 24.3 Å². The molecule has 6 nitrogen and oxygen atoms in total. The van der Waals surface area contributed by atoms with Crippen LogP contribution in [0.25, 0.3) is 0 Å². The predicted octanol–water partition coefficient (Wildman–Crippen LogP) is 2.60. The van der Waals surface area contributed by atoms with Crippen LogP contribution in [-0.2, 0) is 16.1 Å². The molecule has 0 aromatic heterocycles. The maximum Gasteiger partial charge on any atom is 0.327 e. The molecular formula is C19H18N2O4. The molecule has 2 atom stereocenters. The first-order valence-corrected chi connectivity index (χ1v) is 8.13. The number of likely N-dealkylation sites (N-methyl/N-ethyl adjacent to an activating group) is 1. The predicted molar refractivity (Wildman–Crippen MR) is 89.7 cm³/mol. The molecule has 2 aromatic rings. The Morgan fingerprint density at radius 3 is 2.76 bits per heavy atom. The molecule has 2 aromatic carbocycles. The minimum absolute atomic E-state index is 0.0673. The van der Waals surface area contributed by atoms with Crippen molar-refractivity contribution in [2.45, 2.75) is 18.8 Å². The van der Waals surface area contributed by atoms with E-state index in [-0.39, 0.29) is 30.3 Å². The fraction of sp³-hybridized carbons (Fsp3) is 0.263. The summed E-state index contributed by atoms with van der Waals surface area (Å²) in [6.45, 7) is 0.678. The van der Waals surface area contributed by atoms with Gasteiger partial charge in [0, 0.05) is 7.05 Å². The van der Waals surface area contributed by atoms with Gasteiger partial charge in [-0.15, -0.1) is 0 Å². The third kappa shape index (κ3) is 2.55. The van der Waals surface area contributed by atoms with Crippen LogP contribution in [0.15, 0.2) is 48.5 Å². The molecular weight excluding hydrogens is 320 g/mol. The van der Waals surface area contributed by atoms with Gasteiger partial charge >= 0.3 is 6.03 Å². The van der Waals surface area contributed by atoms with Gasteiger partial charge in [-0.2, -0.15) is 0 Å². The summed E-state index contributed by atoms with van der Waals surface area (Å²) < 4.78 is 5.77. The molecule has 25 heavy (non-hydrogen) atoms. The van der Waals surface area contributed by atoms with Gasteiger partial charge in [0.2, 0.25) is 0 Å². The van der Waals surface area contributed by atoms with Crippen LogP contribution in [0.2, 0.25) is 0 Å². The molecule has 2 aliphatic rings. The van der Waals surface area contributed by atoms with Crippen LogP contribution in [0.3, 0.4) is 0 Å². The summed E-state index contributed by atoms with van der Waals surface area (Å²) in [6, 6.07) is 13.2. The molecule has 0 spiro atoms. The molecule has 1 N–H and O–H groups in total. The molecule has 0 bridgehead atoms. The highest BCUT2D eigenvalue weighted by molar-refractivity contribution is 6.04. The Hall–Kier alpha value is -2.86. The number of amides is 3. The van der Waals surface area contributed by atoms with Crippen LogP contribution >= 0.6 is 0 Å². The number of fused-ring (bicyclic) bond motifs is 1. The number of phenolic OH excluding ortho intramolecular Hbond substituents is 1. The molecule has 1 fully saturated rings. The summed E-state index contributed by atoms with van der Waals surface area (Å²) in [5.74, 6) is -0.233.